The van der Waals surface area contributed by atoms with Crippen molar-refractivity contribution in [2.75, 3.05) is 6.54 Å². The average molecular weight is 282 g/mol. The Kier molecular flexibility index (Phi) is 3.77. The summed E-state index contributed by atoms with van der Waals surface area (Å²) in [6.07, 6.45) is 5.17. The molecule has 2 rings (SSSR count). The molecule has 0 atom stereocenters. The largest absolute Gasteiger partial charge is 0.324 e. The second-order valence-corrected chi connectivity index (χ2v) is 5.20. The first-order valence-corrected chi connectivity index (χ1v) is 6.54. The third-order valence-electron chi connectivity index (χ3n) is 3.30. The van der Waals surface area contributed by atoms with E-state index in [4.69, 9.17) is 5.73 Å². The Morgan fingerprint density at radius 1 is 1.38 bits per heavy atom. The zero-order chi connectivity index (χ0) is 11.5. The van der Waals surface area contributed by atoms with E-state index in [2.05, 4.69) is 22.0 Å². The maximum atomic E-state index is 11.5. The van der Waals surface area contributed by atoms with Crippen LogP contribution in [0.5, 0.6) is 0 Å². The number of halogens is 1. The fourth-order valence-corrected chi connectivity index (χ4v) is 3.09. The molecule has 1 saturated carbocycles. The van der Waals surface area contributed by atoms with Gasteiger partial charge in [-0.05, 0) is 30.4 Å². The normalized spacial score (nSPS) is 16.6. The van der Waals surface area contributed by atoms with Gasteiger partial charge in [0.1, 0.15) is 0 Å². The van der Waals surface area contributed by atoms with Gasteiger partial charge < -0.3 is 5.73 Å². The van der Waals surface area contributed by atoms with E-state index in [-0.39, 0.29) is 12.3 Å². The number of carbonyl (C=O) groups is 1. The number of ketones is 1. The van der Waals surface area contributed by atoms with Crippen LogP contribution >= 0.6 is 15.9 Å². The smallest absolute Gasteiger partial charge is 0.176 e. The minimum absolute atomic E-state index is 0.00123. The van der Waals surface area contributed by atoms with Crippen LogP contribution in [0.2, 0.25) is 0 Å². The fourth-order valence-electron chi connectivity index (χ4n) is 2.39. The van der Waals surface area contributed by atoms with E-state index in [1.807, 2.05) is 12.1 Å². The highest BCUT2D eigenvalue weighted by atomic mass is 79.9. The van der Waals surface area contributed by atoms with E-state index >= 15 is 0 Å². The minimum Gasteiger partial charge on any atom is -0.324 e. The second-order valence-electron chi connectivity index (χ2n) is 4.34. The van der Waals surface area contributed by atoms with Crippen molar-refractivity contribution >= 4 is 21.7 Å². The zero-order valence-corrected chi connectivity index (χ0v) is 10.8. The third-order valence-corrected chi connectivity index (χ3v) is 3.99. The van der Waals surface area contributed by atoms with Crippen molar-refractivity contribution < 1.29 is 4.79 Å². The summed E-state index contributed by atoms with van der Waals surface area (Å²) in [5.74, 6) is 0.662. The van der Waals surface area contributed by atoms with E-state index in [0.29, 0.717) is 11.5 Å². The number of nitrogens with two attached hydrogens (primary N) is 1. The Labute approximate surface area is 104 Å². The highest BCUT2D eigenvalue weighted by molar-refractivity contribution is 9.10. The van der Waals surface area contributed by atoms with Crippen molar-refractivity contribution in [3.05, 3.63) is 33.8 Å². The number of hydrogen-bond donors (Lipinski definition) is 1. The molecule has 0 spiro atoms. The van der Waals surface area contributed by atoms with E-state index < -0.39 is 0 Å². The molecule has 3 heteroatoms. The molecular formula is C13H16BrNO. The lowest BCUT2D eigenvalue weighted by Crippen LogP contribution is -2.13. The SMILES string of the molecule is NCC(=O)c1ccc(C2CCCC2)c(Br)c1. The van der Waals surface area contributed by atoms with Gasteiger partial charge in [0.05, 0.1) is 6.54 Å². The molecule has 0 amide bonds. The predicted octanol–water partition coefficient (Wildman–Crippen LogP) is 3.25. The Bertz CT molecular complexity index is 397. The lowest BCUT2D eigenvalue weighted by atomic mass is 9.96. The van der Waals surface area contributed by atoms with Crippen LogP contribution in [0, 0.1) is 0 Å². The van der Waals surface area contributed by atoms with Gasteiger partial charge in [-0.15, -0.1) is 0 Å². The minimum atomic E-state index is -0.00123. The lowest BCUT2D eigenvalue weighted by molar-refractivity contribution is 0.100. The van der Waals surface area contributed by atoms with Crippen LogP contribution in [-0.2, 0) is 0 Å². The first-order chi connectivity index (χ1) is 7.72. The molecule has 0 radical (unpaired) electrons. The predicted molar refractivity (Wildman–Crippen MR) is 68.7 cm³/mol. The van der Waals surface area contributed by atoms with Crippen molar-refractivity contribution in [1.29, 1.82) is 0 Å². The quantitative estimate of drug-likeness (QED) is 0.865. The summed E-state index contributed by atoms with van der Waals surface area (Å²) in [7, 11) is 0. The van der Waals surface area contributed by atoms with Gasteiger partial charge in [0, 0.05) is 10.0 Å². The lowest BCUT2D eigenvalue weighted by Gasteiger charge is -2.12. The van der Waals surface area contributed by atoms with Crippen LogP contribution < -0.4 is 5.73 Å². The summed E-state index contributed by atoms with van der Waals surface area (Å²) in [4.78, 5) is 11.5. The van der Waals surface area contributed by atoms with Gasteiger partial charge in [-0.1, -0.05) is 40.9 Å². The third kappa shape index (κ3) is 2.36. The van der Waals surface area contributed by atoms with Crippen LogP contribution in [0.25, 0.3) is 0 Å². The molecule has 1 aromatic rings. The summed E-state index contributed by atoms with van der Waals surface area (Å²) < 4.78 is 1.05. The van der Waals surface area contributed by atoms with Crippen LogP contribution in [0.15, 0.2) is 22.7 Å². The van der Waals surface area contributed by atoms with E-state index in [1.54, 1.807) is 0 Å². The Morgan fingerprint density at radius 3 is 2.62 bits per heavy atom. The van der Waals surface area contributed by atoms with Crippen molar-refractivity contribution in [2.24, 2.45) is 5.73 Å². The van der Waals surface area contributed by atoms with Crippen LogP contribution in [0.3, 0.4) is 0 Å². The standard InChI is InChI=1S/C13H16BrNO/c14-12-7-10(13(16)8-15)5-6-11(12)9-3-1-2-4-9/h5-7,9H,1-4,8,15H2. The van der Waals surface area contributed by atoms with Crippen molar-refractivity contribution in [1.82, 2.24) is 0 Å². The fraction of sp³-hybridized carbons (Fsp3) is 0.462. The number of rotatable bonds is 3. The molecule has 0 saturated heterocycles. The molecule has 0 aliphatic heterocycles. The van der Waals surface area contributed by atoms with Crippen LogP contribution in [-0.4, -0.2) is 12.3 Å². The maximum absolute atomic E-state index is 11.5. The number of carbonyl (C=O) groups excluding carboxylic acids is 1. The Balaban J connectivity index is 2.25. The molecule has 86 valence electrons. The summed E-state index contributed by atoms with van der Waals surface area (Å²) in [6, 6.07) is 5.87. The van der Waals surface area contributed by atoms with Crippen molar-refractivity contribution in [3.63, 3.8) is 0 Å². The van der Waals surface area contributed by atoms with Gasteiger partial charge in [0.25, 0.3) is 0 Å². The van der Waals surface area contributed by atoms with Crippen LogP contribution in [0.4, 0.5) is 0 Å². The summed E-state index contributed by atoms with van der Waals surface area (Å²) >= 11 is 3.56. The molecule has 0 unspecified atom stereocenters. The molecule has 1 fully saturated rings. The molecule has 16 heavy (non-hydrogen) atoms. The Hall–Kier alpha value is -0.670. The van der Waals surface area contributed by atoms with E-state index in [1.165, 1.54) is 31.2 Å². The van der Waals surface area contributed by atoms with Gasteiger partial charge in [-0.3, -0.25) is 4.79 Å². The molecular weight excluding hydrogens is 266 g/mol. The molecule has 0 aromatic heterocycles. The van der Waals surface area contributed by atoms with E-state index in [0.717, 1.165) is 4.47 Å². The summed E-state index contributed by atoms with van der Waals surface area (Å²) in [6.45, 7) is 0.0786. The first kappa shape index (κ1) is 11.8. The van der Waals surface area contributed by atoms with Gasteiger partial charge >= 0.3 is 0 Å². The van der Waals surface area contributed by atoms with Crippen molar-refractivity contribution in [2.45, 2.75) is 31.6 Å². The van der Waals surface area contributed by atoms with E-state index in [9.17, 15) is 4.79 Å². The van der Waals surface area contributed by atoms with Crippen molar-refractivity contribution in [3.8, 4) is 0 Å². The number of benzene rings is 1. The van der Waals surface area contributed by atoms with Gasteiger partial charge in [0.15, 0.2) is 5.78 Å². The molecule has 0 bridgehead atoms. The number of Topliss-reactive ketones (excluding diaryl/α,β-unsaturated/α-hetero) is 1. The van der Waals surface area contributed by atoms with Gasteiger partial charge in [-0.2, -0.15) is 0 Å². The highest BCUT2D eigenvalue weighted by Crippen LogP contribution is 2.37. The topological polar surface area (TPSA) is 43.1 Å². The zero-order valence-electron chi connectivity index (χ0n) is 9.21. The average Bonchev–Trinajstić information content (AvgIpc) is 2.81. The summed E-state index contributed by atoms with van der Waals surface area (Å²) in [5, 5.41) is 0. The highest BCUT2D eigenvalue weighted by Gasteiger charge is 2.19. The maximum Gasteiger partial charge on any atom is 0.176 e. The number of hydrogen-bond acceptors (Lipinski definition) is 2. The first-order valence-electron chi connectivity index (χ1n) is 5.75. The Morgan fingerprint density at radius 2 is 2.06 bits per heavy atom. The summed E-state index contributed by atoms with van der Waals surface area (Å²) in [5.41, 5.74) is 7.39. The molecule has 1 aliphatic carbocycles. The molecule has 2 nitrogen and oxygen atoms in total. The monoisotopic (exact) mass is 281 g/mol. The van der Waals surface area contributed by atoms with Crippen LogP contribution in [0.1, 0.15) is 47.5 Å². The molecule has 2 N–H and O–H groups in total. The second kappa shape index (κ2) is 5.11. The van der Waals surface area contributed by atoms with Gasteiger partial charge in [-0.25, -0.2) is 0 Å². The molecule has 1 aliphatic rings. The molecule has 1 aromatic carbocycles. The molecule has 0 heterocycles. The van der Waals surface area contributed by atoms with Gasteiger partial charge in [0.2, 0.25) is 0 Å².